The molecule has 26 heavy (non-hydrogen) atoms. The molecule has 0 amide bonds. The fourth-order valence-electron chi connectivity index (χ4n) is 4.05. The number of benzene rings is 1. The Morgan fingerprint density at radius 3 is 2.15 bits per heavy atom. The Labute approximate surface area is 160 Å². The van der Waals surface area contributed by atoms with E-state index in [1.807, 2.05) is 0 Å². The maximum absolute atomic E-state index is 11.3. The van der Waals surface area contributed by atoms with Gasteiger partial charge in [-0.1, -0.05) is 60.5 Å². The molecule has 1 heterocycles. The molecule has 1 aliphatic carbocycles. The monoisotopic (exact) mass is 358 g/mol. The van der Waals surface area contributed by atoms with Crippen molar-refractivity contribution >= 4 is 0 Å². The molecule has 0 aromatic heterocycles. The third-order valence-electron chi connectivity index (χ3n) is 6.02. The summed E-state index contributed by atoms with van der Waals surface area (Å²) >= 11 is 0. The van der Waals surface area contributed by atoms with E-state index in [0.717, 1.165) is 43.2 Å². The molecule has 3 rings (SSSR count). The first-order chi connectivity index (χ1) is 12.1. The van der Waals surface area contributed by atoms with Gasteiger partial charge in [0.1, 0.15) is 5.75 Å². The Hall–Kier alpha value is -1.06. The molecule has 1 saturated heterocycles. The normalized spacial score (nSPS) is 21.0. The minimum atomic E-state index is -0.0618. The van der Waals surface area contributed by atoms with Crippen LogP contribution in [0.4, 0.5) is 0 Å². The Morgan fingerprint density at radius 1 is 1.04 bits per heavy atom. The molecule has 3 heteroatoms. The summed E-state index contributed by atoms with van der Waals surface area (Å²) in [4.78, 5) is 2.60. The molecule has 3 nitrogen and oxygen atoms in total. The molecule has 0 spiro atoms. The summed E-state index contributed by atoms with van der Waals surface area (Å²) in [5.41, 5.74) is 3.61. The Bertz CT molecular complexity index is 629. The average Bonchev–Trinajstić information content (AvgIpc) is 3.36. The zero-order valence-corrected chi connectivity index (χ0v) is 17.7. The summed E-state index contributed by atoms with van der Waals surface area (Å²) in [5.74, 6) is 1.38. The predicted molar refractivity (Wildman–Crippen MR) is 110 cm³/mol. The summed E-state index contributed by atoms with van der Waals surface area (Å²) in [5, 5.41) is 14.8. The summed E-state index contributed by atoms with van der Waals surface area (Å²) in [6.07, 6.45) is 3.90. The van der Waals surface area contributed by atoms with E-state index in [9.17, 15) is 5.11 Å². The number of phenolic OH excluding ortho intramolecular Hbond substituents is 1. The highest BCUT2D eigenvalue weighted by molar-refractivity contribution is 5.50. The van der Waals surface area contributed by atoms with Crippen LogP contribution in [-0.2, 0) is 10.8 Å². The highest BCUT2D eigenvalue weighted by atomic mass is 16.3. The van der Waals surface area contributed by atoms with Crippen LogP contribution in [0.3, 0.4) is 0 Å². The Kier molecular flexibility index (Phi) is 5.43. The molecule has 2 aliphatic rings. The topological polar surface area (TPSA) is 35.5 Å². The van der Waals surface area contributed by atoms with Gasteiger partial charge in [-0.15, -0.1) is 0 Å². The van der Waals surface area contributed by atoms with Crippen LogP contribution >= 0.6 is 0 Å². The maximum Gasteiger partial charge on any atom is 0.124 e. The summed E-state index contributed by atoms with van der Waals surface area (Å²) in [6, 6.07) is 4.89. The van der Waals surface area contributed by atoms with Gasteiger partial charge in [-0.05, 0) is 40.4 Å². The van der Waals surface area contributed by atoms with Gasteiger partial charge in [-0.2, -0.15) is 0 Å². The molecule has 2 N–H and O–H groups in total. The van der Waals surface area contributed by atoms with Crippen molar-refractivity contribution in [2.24, 2.45) is 5.92 Å². The highest BCUT2D eigenvalue weighted by Gasteiger charge is 2.34. The molecule has 1 aromatic rings. The lowest BCUT2D eigenvalue weighted by Gasteiger charge is -2.37. The summed E-state index contributed by atoms with van der Waals surface area (Å²) < 4.78 is 0. The van der Waals surface area contributed by atoms with Gasteiger partial charge in [0.2, 0.25) is 0 Å². The van der Waals surface area contributed by atoms with Gasteiger partial charge in [-0.3, -0.25) is 4.90 Å². The second-order valence-electron chi connectivity index (χ2n) is 10.4. The second-order valence-corrected chi connectivity index (χ2v) is 10.4. The Balaban J connectivity index is 2.09. The fourth-order valence-corrected chi connectivity index (χ4v) is 4.05. The van der Waals surface area contributed by atoms with E-state index in [1.165, 1.54) is 24.8 Å². The molecule has 1 aliphatic heterocycles. The van der Waals surface area contributed by atoms with Gasteiger partial charge in [0.05, 0.1) is 0 Å². The van der Waals surface area contributed by atoms with Crippen LogP contribution in [0, 0.1) is 5.92 Å². The average molecular weight is 359 g/mol. The first-order valence-electron chi connectivity index (χ1n) is 10.4. The Morgan fingerprint density at radius 2 is 1.65 bits per heavy atom. The lowest BCUT2D eigenvalue weighted by molar-refractivity contribution is 0.157. The minimum Gasteiger partial charge on any atom is -0.507 e. The van der Waals surface area contributed by atoms with E-state index >= 15 is 0 Å². The van der Waals surface area contributed by atoms with Crippen LogP contribution < -0.4 is 5.32 Å². The molecule has 146 valence electrons. The van der Waals surface area contributed by atoms with Crippen molar-refractivity contribution in [3.8, 4) is 5.75 Å². The SMILES string of the molecule is CC(C)(C)c1cc([C@H](CC2CC2)N2CCNCC2)c(O)c(C(C)(C)C)c1. The van der Waals surface area contributed by atoms with E-state index in [4.69, 9.17) is 0 Å². The van der Waals surface area contributed by atoms with Crippen molar-refractivity contribution in [1.82, 2.24) is 10.2 Å². The number of piperazine rings is 1. The van der Waals surface area contributed by atoms with Crippen molar-refractivity contribution in [1.29, 1.82) is 0 Å². The number of hydrogen-bond acceptors (Lipinski definition) is 3. The van der Waals surface area contributed by atoms with Gasteiger partial charge in [-0.25, -0.2) is 0 Å². The molecule has 1 atom stereocenters. The number of nitrogens with one attached hydrogen (secondary N) is 1. The molecule has 0 unspecified atom stereocenters. The van der Waals surface area contributed by atoms with Crippen LogP contribution in [0.2, 0.25) is 0 Å². The van der Waals surface area contributed by atoms with Crippen molar-refractivity contribution in [3.63, 3.8) is 0 Å². The molecule has 0 radical (unpaired) electrons. The van der Waals surface area contributed by atoms with Gasteiger partial charge >= 0.3 is 0 Å². The van der Waals surface area contributed by atoms with Crippen molar-refractivity contribution in [2.75, 3.05) is 26.2 Å². The smallest absolute Gasteiger partial charge is 0.124 e. The van der Waals surface area contributed by atoms with E-state index in [1.54, 1.807) is 0 Å². The van der Waals surface area contributed by atoms with Crippen LogP contribution in [0.5, 0.6) is 5.75 Å². The quantitative estimate of drug-likeness (QED) is 0.816. The lowest BCUT2D eigenvalue weighted by atomic mass is 9.77. The molecule has 1 saturated carbocycles. The number of nitrogens with zero attached hydrogens (tertiary/aromatic N) is 1. The number of aromatic hydroxyl groups is 1. The molecule has 0 bridgehead atoms. The molecular weight excluding hydrogens is 320 g/mol. The summed E-state index contributed by atoms with van der Waals surface area (Å²) in [7, 11) is 0. The fraction of sp³-hybridized carbons (Fsp3) is 0.739. The van der Waals surface area contributed by atoms with Gasteiger partial charge in [0.15, 0.2) is 0 Å². The first kappa shape index (κ1) is 19.7. The van der Waals surface area contributed by atoms with E-state index in [0.29, 0.717) is 11.8 Å². The van der Waals surface area contributed by atoms with Crippen molar-refractivity contribution in [3.05, 3.63) is 28.8 Å². The van der Waals surface area contributed by atoms with Gasteiger partial charge in [0, 0.05) is 37.8 Å². The molecule has 1 aromatic carbocycles. The van der Waals surface area contributed by atoms with Gasteiger partial charge < -0.3 is 10.4 Å². The maximum atomic E-state index is 11.3. The predicted octanol–water partition coefficient (Wildman–Crippen LogP) is 4.73. The van der Waals surface area contributed by atoms with E-state index in [2.05, 4.69) is 63.9 Å². The second kappa shape index (κ2) is 7.16. The first-order valence-corrected chi connectivity index (χ1v) is 10.4. The molecule has 2 fully saturated rings. The van der Waals surface area contributed by atoms with E-state index < -0.39 is 0 Å². The van der Waals surface area contributed by atoms with Crippen LogP contribution in [-0.4, -0.2) is 36.2 Å². The van der Waals surface area contributed by atoms with Crippen molar-refractivity contribution in [2.45, 2.75) is 77.7 Å². The van der Waals surface area contributed by atoms with Crippen LogP contribution in [0.1, 0.15) is 83.5 Å². The minimum absolute atomic E-state index is 0.0618. The van der Waals surface area contributed by atoms with Crippen LogP contribution in [0.15, 0.2) is 12.1 Å². The summed E-state index contributed by atoms with van der Waals surface area (Å²) in [6.45, 7) is 17.7. The van der Waals surface area contributed by atoms with Crippen molar-refractivity contribution < 1.29 is 5.11 Å². The number of rotatable bonds is 4. The van der Waals surface area contributed by atoms with Crippen LogP contribution in [0.25, 0.3) is 0 Å². The number of hydrogen-bond donors (Lipinski definition) is 2. The zero-order chi connectivity index (χ0) is 19.1. The standard InChI is InChI=1S/C23H38N2O/c1-22(2,3)17-14-18(21(26)19(15-17)23(4,5)6)20(13-16-7-8-16)25-11-9-24-10-12-25/h14-16,20,24,26H,7-13H2,1-6H3/t20-/m0/s1. The van der Waals surface area contributed by atoms with E-state index in [-0.39, 0.29) is 10.8 Å². The number of phenols is 1. The third kappa shape index (κ3) is 4.43. The highest BCUT2D eigenvalue weighted by Crippen LogP contribution is 2.46. The lowest BCUT2D eigenvalue weighted by Crippen LogP contribution is -2.45. The molecular formula is C23H38N2O. The van der Waals surface area contributed by atoms with Gasteiger partial charge in [0.25, 0.3) is 0 Å². The zero-order valence-electron chi connectivity index (χ0n) is 17.7. The largest absolute Gasteiger partial charge is 0.507 e. The third-order valence-corrected chi connectivity index (χ3v) is 6.02.